The first-order valence-corrected chi connectivity index (χ1v) is 6.80. The van der Waals surface area contributed by atoms with Crippen molar-refractivity contribution in [2.75, 3.05) is 26.2 Å². The van der Waals surface area contributed by atoms with E-state index in [4.69, 9.17) is 22.1 Å². The molecule has 1 aliphatic heterocycles. The average Bonchev–Trinajstić information content (AvgIpc) is 2.74. The second kappa shape index (κ2) is 5.47. The number of morpholine rings is 1. The molecule has 1 aliphatic rings. The highest BCUT2D eigenvalue weighted by atomic mass is 35.5. The molecule has 2 unspecified atom stereocenters. The molecule has 2 N–H and O–H groups in total. The summed E-state index contributed by atoms with van der Waals surface area (Å²) in [6.45, 7) is 5.86. The second-order valence-corrected chi connectivity index (χ2v) is 5.32. The third kappa shape index (κ3) is 2.57. The van der Waals surface area contributed by atoms with Gasteiger partial charge in [0.1, 0.15) is 0 Å². The molecule has 0 saturated carbocycles. The van der Waals surface area contributed by atoms with E-state index in [0.717, 1.165) is 36.1 Å². The van der Waals surface area contributed by atoms with Crippen LogP contribution in [0, 0.1) is 0 Å². The van der Waals surface area contributed by atoms with Crippen molar-refractivity contribution >= 4 is 22.9 Å². The Bertz CT molecular complexity index is 344. The fourth-order valence-electron chi connectivity index (χ4n) is 1.95. The van der Waals surface area contributed by atoms with E-state index in [1.54, 1.807) is 11.3 Å². The van der Waals surface area contributed by atoms with Crippen LogP contribution in [0.25, 0.3) is 0 Å². The van der Waals surface area contributed by atoms with Gasteiger partial charge in [0, 0.05) is 18.0 Å². The topological polar surface area (TPSA) is 38.5 Å². The standard InChI is InChI=1S/C11H17ClN2OS/c1-2-14-4-5-15-9(7-14)10(13)11-8(12)3-6-16-11/h3,6,9-10H,2,4-5,7,13H2,1H3. The van der Waals surface area contributed by atoms with Crippen molar-refractivity contribution in [3.63, 3.8) is 0 Å². The fourth-order valence-corrected chi connectivity index (χ4v) is 3.19. The van der Waals surface area contributed by atoms with Crippen molar-refractivity contribution < 1.29 is 4.74 Å². The van der Waals surface area contributed by atoms with Gasteiger partial charge in [0.2, 0.25) is 0 Å². The molecule has 2 atom stereocenters. The van der Waals surface area contributed by atoms with E-state index < -0.39 is 0 Å². The van der Waals surface area contributed by atoms with Crippen LogP contribution in [0.3, 0.4) is 0 Å². The highest BCUT2D eigenvalue weighted by Crippen LogP contribution is 2.31. The Morgan fingerprint density at radius 1 is 1.75 bits per heavy atom. The molecule has 0 bridgehead atoms. The number of hydrogen-bond donors (Lipinski definition) is 1. The van der Waals surface area contributed by atoms with E-state index in [1.165, 1.54) is 0 Å². The smallest absolute Gasteiger partial charge is 0.0903 e. The molecule has 16 heavy (non-hydrogen) atoms. The maximum absolute atomic E-state index is 6.21. The third-order valence-corrected chi connectivity index (χ3v) is 4.43. The van der Waals surface area contributed by atoms with Crippen molar-refractivity contribution in [2.24, 2.45) is 5.73 Å². The molecule has 2 heterocycles. The van der Waals surface area contributed by atoms with Crippen LogP contribution in [0.1, 0.15) is 17.8 Å². The fraction of sp³-hybridized carbons (Fsp3) is 0.636. The van der Waals surface area contributed by atoms with Crippen molar-refractivity contribution in [1.82, 2.24) is 4.90 Å². The van der Waals surface area contributed by atoms with E-state index in [1.807, 2.05) is 11.4 Å². The second-order valence-electron chi connectivity index (χ2n) is 3.96. The first-order chi connectivity index (χ1) is 7.72. The molecule has 1 aromatic heterocycles. The lowest BCUT2D eigenvalue weighted by Crippen LogP contribution is -2.46. The van der Waals surface area contributed by atoms with Gasteiger partial charge in [0.15, 0.2) is 0 Å². The van der Waals surface area contributed by atoms with Gasteiger partial charge in [-0.1, -0.05) is 18.5 Å². The van der Waals surface area contributed by atoms with Crippen LogP contribution in [0.15, 0.2) is 11.4 Å². The van der Waals surface area contributed by atoms with E-state index >= 15 is 0 Å². The van der Waals surface area contributed by atoms with E-state index in [-0.39, 0.29) is 12.1 Å². The summed E-state index contributed by atoms with van der Waals surface area (Å²) in [5.41, 5.74) is 6.21. The van der Waals surface area contributed by atoms with Crippen molar-refractivity contribution in [2.45, 2.75) is 19.1 Å². The molecule has 0 amide bonds. The lowest BCUT2D eigenvalue weighted by molar-refractivity contribution is -0.0387. The van der Waals surface area contributed by atoms with Crippen LogP contribution in [0.4, 0.5) is 0 Å². The zero-order valence-corrected chi connectivity index (χ0v) is 10.9. The summed E-state index contributed by atoms with van der Waals surface area (Å²) >= 11 is 7.69. The van der Waals surface area contributed by atoms with Crippen LogP contribution in [0.2, 0.25) is 5.02 Å². The minimum atomic E-state index is -0.109. The molecule has 0 spiro atoms. The molecule has 2 rings (SSSR count). The quantitative estimate of drug-likeness (QED) is 0.905. The summed E-state index contributed by atoms with van der Waals surface area (Å²) in [7, 11) is 0. The molecule has 0 radical (unpaired) electrons. The monoisotopic (exact) mass is 260 g/mol. The third-order valence-electron chi connectivity index (χ3n) is 2.97. The molecule has 1 saturated heterocycles. The molecule has 1 fully saturated rings. The first kappa shape index (κ1) is 12.3. The highest BCUT2D eigenvalue weighted by molar-refractivity contribution is 7.10. The molecular weight excluding hydrogens is 244 g/mol. The maximum atomic E-state index is 6.21. The van der Waals surface area contributed by atoms with Gasteiger partial charge in [-0.05, 0) is 18.0 Å². The number of ether oxygens (including phenoxy) is 1. The molecule has 5 heteroatoms. The SMILES string of the molecule is CCN1CCOC(C(N)c2sccc2Cl)C1. The van der Waals surface area contributed by atoms with Crippen LogP contribution in [-0.4, -0.2) is 37.2 Å². The van der Waals surface area contributed by atoms with Gasteiger partial charge in [-0.3, -0.25) is 4.90 Å². The van der Waals surface area contributed by atoms with E-state index in [2.05, 4.69) is 11.8 Å². The van der Waals surface area contributed by atoms with Crippen molar-refractivity contribution in [3.05, 3.63) is 21.3 Å². The predicted molar refractivity (Wildman–Crippen MR) is 68.1 cm³/mol. The Balaban J connectivity index is 2.04. The highest BCUT2D eigenvalue weighted by Gasteiger charge is 2.27. The predicted octanol–water partition coefficient (Wildman–Crippen LogP) is 2.12. The number of hydrogen-bond acceptors (Lipinski definition) is 4. The summed E-state index contributed by atoms with van der Waals surface area (Å²) in [5, 5.41) is 2.73. The van der Waals surface area contributed by atoms with Crippen LogP contribution in [-0.2, 0) is 4.74 Å². The Morgan fingerprint density at radius 3 is 3.19 bits per heavy atom. The van der Waals surface area contributed by atoms with Crippen molar-refractivity contribution in [3.8, 4) is 0 Å². The molecular formula is C11H17ClN2OS. The minimum absolute atomic E-state index is 0.0600. The van der Waals surface area contributed by atoms with Gasteiger partial charge in [0.05, 0.1) is 23.8 Å². The lowest BCUT2D eigenvalue weighted by atomic mass is 10.1. The van der Waals surface area contributed by atoms with Gasteiger partial charge >= 0.3 is 0 Å². The number of halogens is 1. The van der Waals surface area contributed by atoms with E-state index in [9.17, 15) is 0 Å². The summed E-state index contributed by atoms with van der Waals surface area (Å²) in [4.78, 5) is 3.39. The zero-order chi connectivity index (χ0) is 11.5. The van der Waals surface area contributed by atoms with Crippen molar-refractivity contribution in [1.29, 1.82) is 0 Å². The summed E-state index contributed by atoms with van der Waals surface area (Å²) < 4.78 is 5.73. The Kier molecular flexibility index (Phi) is 4.21. The van der Waals surface area contributed by atoms with Gasteiger partial charge in [-0.2, -0.15) is 0 Å². The Labute approximate surface area is 105 Å². The van der Waals surface area contributed by atoms with E-state index in [0.29, 0.717) is 0 Å². The largest absolute Gasteiger partial charge is 0.374 e. The van der Waals surface area contributed by atoms with Gasteiger partial charge < -0.3 is 10.5 Å². The number of rotatable bonds is 3. The van der Waals surface area contributed by atoms with Gasteiger partial charge in [0.25, 0.3) is 0 Å². The number of likely N-dealkylation sites (N-methyl/N-ethyl adjacent to an activating group) is 1. The lowest BCUT2D eigenvalue weighted by Gasteiger charge is -2.34. The molecule has 0 aromatic carbocycles. The molecule has 1 aromatic rings. The Hall–Kier alpha value is -0.130. The van der Waals surface area contributed by atoms with Gasteiger partial charge in [-0.15, -0.1) is 11.3 Å². The van der Waals surface area contributed by atoms with Crippen LogP contribution >= 0.6 is 22.9 Å². The van der Waals surface area contributed by atoms with Gasteiger partial charge in [-0.25, -0.2) is 0 Å². The maximum Gasteiger partial charge on any atom is 0.0903 e. The number of thiophene rings is 1. The molecule has 0 aliphatic carbocycles. The zero-order valence-electron chi connectivity index (χ0n) is 9.36. The summed E-state index contributed by atoms with van der Waals surface area (Å²) in [5.74, 6) is 0. The number of nitrogens with two attached hydrogens (primary N) is 1. The molecule has 90 valence electrons. The van der Waals surface area contributed by atoms with Crippen LogP contribution in [0.5, 0.6) is 0 Å². The first-order valence-electron chi connectivity index (χ1n) is 5.54. The average molecular weight is 261 g/mol. The van der Waals surface area contributed by atoms with Crippen LogP contribution < -0.4 is 5.73 Å². The normalized spacial score (nSPS) is 24.6. The summed E-state index contributed by atoms with van der Waals surface area (Å²) in [6, 6.07) is 1.78. The Morgan fingerprint density at radius 2 is 2.56 bits per heavy atom. The summed E-state index contributed by atoms with van der Waals surface area (Å²) in [6.07, 6.45) is 0.0600. The molecule has 3 nitrogen and oxygen atoms in total. The number of nitrogens with zero attached hydrogens (tertiary/aromatic N) is 1. The minimum Gasteiger partial charge on any atom is -0.374 e.